The number of hydrogen-bond acceptors (Lipinski definition) is 6. The monoisotopic (exact) mass is 574 g/mol. The van der Waals surface area contributed by atoms with Gasteiger partial charge in [-0.1, -0.05) is 88.6 Å². The van der Waals surface area contributed by atoms with Crippen LogP contribution in [0, 0.1) is 5.41 Å². The fraction of sp³-hybridized carbons (Fsp3) is 0.533. The predicted molar refractivity (Wildman–Crippen MR) is 157 cm³/mol. The molecular formula is C30H46N4O5S. The summed E-state index contributed by atoms with van der Waals surface area (Å²) in [6.45, 7) is 5.73. The molecule has 9 nitrogen and oxygen atoms in total. The van der Waals surface area contributed by atoms with Crippen LogP contribution in [0.15, 0.2) is 65.6 Å². The molecule has 2 rings (SSSR count). The van der Waals surface area contributed by atoms with E-state index in [2.05, 4.69) is 10.6 Å². The Bertz CT molecular complexity index is 1180. The molecule has 0 aliphatic rings. The van der Waals surface area contributed by atoms with Gasteiger partial charge in [0.2, 0.25) is 15.9 Å². The van der Waals surface area contributed by atoms with E-state index in [0.29, 0.717) is 17.9 Å². The number of amides is 2. The van der Waals surface area contributed by atoms with Gasteiger partial charge in [-0.3, -0.25) is 14.8 Å². The van der Waals surface area contributed by atoms with Crippen molar-refractivity contribution in [3.05, 3.63) is 66.2 Å². The first-order chi connectivity index (χ1) is 19.1. The van der Waals surface area contributed by atoms with Crippen LogP contribution in [0.2, 0.25) is 0 Å². The Labute approximate surface area is 240 Å². The molecule has 222 valence electrons. The van der Waals surface area contributed by atoms with Crippen LogP contribution < -0.4 is 10.6 Å². The molecule has 2 unspecified atom stereocenters. The highest BCUT2D eigenvalue weighted by atomic mass is 32.2. The molecule has 40 heavy (non-hydrogen) atoms. The van der Waals surface area contributed by atoms with E-state index in [1.165, 1.54) is 23.5 Å². The van der Waals surface area contributed by atoms with Crippen LogP contribution in [-0.4, -0.2) is 67.7 Å². The maximum atomic E-state index is 14.5. The number of nitrogens with one attached hydrogen (secondary N) is 2. The zero-order chi connectivity index (χ0) is 29.8. The molecule has 0 bridgehead atoms. The fourth-order valence-corrected chi connectivity index (χ4v) is 7.57. The number of hydrogen-bond donors (Lipinski definition) is 3. The van der Waals surface area contributed by atoms with Crippen LogP contribution in [0.3, 0.4) is 0 Å². The second-order valence-corrected chi connectivity index (χ2v) is 12.1. The van der Waals surface area contributed by atoms with Gasteiger partial charge in [0.25, 0.3) is 5.91 Å². The average molecular weight is 575 g/mol. The molecule has 2 atom stereocenters. The van der Waals surface area contributed by atoms with E-state index in [0.717, 1.165) is 18.4 Å². The van der Waals surface area contributed by atoms with Crippen LogP contribution in [0.4, 0.5) is 0 Å². The minimum Gasteiger partial charge on any atom is -0.335 e. The van der Waals surface area contributed by atoms with Crippen molar-refractivity contribution < 1.29 is 23.2 Å². The van der Waals surface area contributed by atoms with E-state index in [1.54, 1.807) is 32.2 Å². The molecule has 2 aromatic rings. The third-order valence-electron chi connectivity index (χ3n) is 7.44. The molecule has 10 heteroatoms. The molecular weight excluding hydrogens is 528 g/mol. The molecule has 0 spiro atoms. The number of nitrogens with zero attached hydrogens (tertiary/aromatic N) is 2. The van der Waals surface area contributed by atoms with Gasteiger partial charge in [-0.2, -0.15) is 4.31 Å². The summed E-state index contributed by atoms with van der Waals surface area (Å²) in [7, 11) is -1.34. The van der Waals surface area contributed by atoms with E-state index in [1.807, 2.05) is 44.2 Å². The quantitative estimate of drug-likeness (QED) is 0.113. The Balaban J connectivity index is 3.03. The molecule has 0 aromatic heterocycles. The SMILES string of the molecule is CCCCCN(C(CC)(NC(=O)CNC)C(CCC)(Cc1ccccc1)C(=O)N(C)O)S(=O)(=O)c1ccccc1. The van der Waals surface area contributed by atoms with Crippen LogP contribution in [-0.2, 0) is 26.0 Å². The molecule has 2 aromatic carbocycles. The summed E-state index contributed by atoms with van der Waals surface area (Å²) in [5, 5.41) is 17.1. The lowest BCUT2D eigenvalue weighted by atomic mass is 9.65. The lowest BCUT2D eigenvalue weighted by Crippen LogP contribution is -2.74. The summed E-state index contributed by atoms with van der Waals surface area (Å²) >= 11 is 0. The molecule has 0 heterocycles. The van der Waals surface area contributed by atoms with Crippen molar-refractivity contribution in [1.82, 2.24) is 20.0 Å². The number of rotatable bonds is 17. The smallest absolute Gasteiger partial charge is 0.256 e. The fourth-order valence-electron chi connectivity index (χ4n) is 5.68. The number of hydroxylamine groups is 2. The molecule has 0 saturated heterocycles. The van der Waals surface area contributed by atoms with Gasteiger partial charge in [0.1, 0.15) is 5.66 Å². The Morgan fingerprint density at radius 1 is 0.925 bits per heavy atom. The molecule has 3 N–H and O–H groups in total. The second-order valence-electron chi connectivity index (χ2n) is 10.2. The summed E-state index contributed by atoms with van der Waals surface area (Å²) in [5.41, 5.74) is -2.46. The Morgan fingerprint density at radius 3 is 2.02 bits per heavy atom. The summed E-state index contributed by atoms with van der Waals surface area (Å²) in [5.74, 6) is -1.11. The van der Waals surface area contributed by atoms with Crippen molar-refractivity contribution in [2.75, 3.05) is 27.2 Å². The Morgan fingerprint density at radius 2 is 1.52 bits per heavy atom. The first-order valence-electron chi connectivity index (χ1n) is 14.1. The minimum absolute atomic E-state index is 0.0714. The normalized spacial score (nSPS) is 14.8. The van der Waals surface area contributed by atoms with E-state index in [9.17, 15) is 23.2 Å². The topological polar surface area (TPSA) is 119 Å². The summed E-state index contributed by atoms with van der Waals surface area (Å²) < 4.78 is 30.4. The number of unbranched alkanes of at least 4 members (excludes halogenated alkanes) is 2. The molecule has 2 amide bonds. The van der Waals surface area contributed by atoms with E-state index in [4.69, 9.17) is 0 Å². The van der Waals surface area contributed by atoms with Gasteiger partial charge in [0.15, 0.2) is 0 Å². The largest absolute Gasteiger partial charge is 0.335 e. The maximum Gasteiger partial charge on any atom is 0.256 e. The molecule has 0 aliphatic carbocycles. The van der Waals surface area contributed by atoms with Gasteiger partial charge in [-0.15, -0.1) is 0 Å². The van der Waals surface area contributed by atoms with Crippen molar-refractivity contribution in [3.8, 4) is 0 Å². The lowest BCUT2D eigenvalue weighted by molar-refractivity contribution is -0.184. The molecule has 0 fully saturated rings. The van der Waals surface area contributed by atoms with Crippen LogP contribution in [0.5, 0.6) is 0 Å². The zero-order valence-electron chi connectivity index (χ0n) is 24.5. The maximum absolute atomic E-state index is 14.5. The highest BCUT2D eigenvalue weighted by Gasteiger charge is 2.62. The van der Waals surface area contributed by atoms with E-state index in [-0.39, 0.29) is 37.2 Å². The summed E-state index contributed by atoms with van der Waals surface area (Å²) in [4.78, 5) is 27.8. The van der Waals surface area contributed by atoms with Crippen LogP contribution >= 0.6 is 0 Å². The number of sulfonamides is 1. The lowest BCUT2D eigenvalue weighted by Gasteiger charge is -2.55. The zero-order valence-corrected chi connectivity index (χ0v) is 25.3. The first kappa shape index (κ1) is 33.4. The first-order valence-corrected chi connectivity index (χ1v) is 15.5. The van der Waals surface area contributed by atoms with Gasteiger partial charge >= 0.3 is 0 Å². The Kier molecular flexibility index (Phi) is 12.8. The van der Waals surface area contributed by atoms with E-state index >= 15 is 0 Å². The molecule has 0 saturated carbocycles. The molecule has 0 radical (unpaired) electrons. The predicted octanol–water partition coefficient (Wildman–Crippen LogP) is 4.19. The second kappa shape index (κ2) is 15.3. The Hall–Kier alpha value is -2.79. The van der Waals surface area contributed by atoms with Gasteiger partial charge in [0, 0.05) is 13.6 Å². The number of carbonyl (C=O) groups is 2. The van der Waals surface area contributed by atoms with Gasteiger partial charge < -0.3 is 10.6 Å². The third kappa shape index (κ3) is 7.28. The number of carbonyl (C=O) groups excluding carboxylic acids is 2. The molecule has 0 aliphatic heterocycles. The number of benzene rings is 2. The van der Waals surface area contributed by atoms with Crippen molar-refractivity contribution in [2.24, 2.45) is 5.41 Å². The van der Waals surface area contributed by atoms with Crippen molar-refractivity contribution in [3.63, 3.8) is 0 Å². The van der Waals surface area contributed by atoms with Crippen molar-refractivity contribution in [2.45, 2.75) is 76.3 Å². The van der Waals surface area contributed by atoms with Crippen LogP contribution in [0.1, 0.15) is 64.9 Å². The summed E-state index contributed by atoms with van der Waals surface area (Å²) in [6, 6.07) is 17.4. The van der Waals surface area contributed by atoms with Crippen molar-refractivity contribution in [1.29, 1.82) is 0 Å². The highest BCUT2D eigenvalue weighted by Crippen LogP contribution is 2.47. The summed E-state index contributed by atoms with van der Waals surface area (Å²) in [6.07, 6.45) is 3.06. The van der Waals surface area contributed by atoms with Crippen molar-refractivity contribution >= 4 is 21.8 Å². The highest BCUT2D eigenvalue weighted by molar-refractivity contribution is 7.89. The average Bonchev–Trinajstić information content (AvgIpc) is 2.94. The number of likely N-dealkylation sites (N-methyl/N-ethyl adjacent to an activating group) is 1. The van der Waals surface area contributed by atoms with E-state index < -0.39 is 32.9 Å². The van der Waals surface area contributed by atoms with Gasteiger partial charge in [-0.05, 0) is 50.4 Å². The van der Waals surface area contributed by atoms with Gasteiger partial charge in [-0.25, -0.2) is 13.5 Å². The van der Waals surface area contributed by atoms with Crippen LogP contribution in [0.25, 0.3) is 0 Å². The minimum atomic E-state index is -4.22. The third-order valence-corrected chi connectivity index (χ3v) is 9.38. The standard InChI is InChI=1S/C30H46N4O5S/c1-6-9-16-22-34(40(38,39)26-19-14-11-15-20-26)30(8-3,32-27(35)24-31-4)29(21-7-2,28(36)33(5)37)23-25-17-12-10-13-18-25/h10-15,17-20,31,37H,6-9,16,21-24H2,1-5H3,(H,32,35). The van der Waals surface area contributed by atoms with Gasteiger partial charge in [0.05, 0.1) is 16.9 Å².